The fourth-order valence-corrected chi connectivity index (χ4v) is 2.13. The van der Waals surface area contributed by atoms with Gasteiger partial charge in [-0.25, -0.2) is 8.78 Å². The van der Waals surface area contributed by atoms with E-state index in [1.54, 1.807) is 6.07 Å². The smallest absolute Gasteiger partial charge is 0.160 e. The largest absolute Gasteiger partial charge is 0.366 e. The van der Waals surface area contributed by atoms with E-state index in [2.05, 4.69) is 17.1 Å². The topological polar surface area (TPSA) is 15.3 Å². The van der Waals surface area contributed by atoms with Crippen molar-refractivity contribution in [1.29, 1.82) is 0 Å². The Balaban J connectivity index is 0.00000144. The number of rotatable bonds is 2. The molecule has 17 heavy (non-hydrogen) atoms. The van der Waals surface area contributed by atoms with Crippen LogP contribution >= 0.6 is 12.4 Å². The maximum atomic E-state index is 13.1. The van der Waals surface area contributed by atoms with Crippen LogP contribution in [0.2, 0.25) is 0 Å². The standard InChI is InChI=1S/C12H16F2N2.ClH/c1-2-9-8-15-5-6-16(9)10-3-4-11(13)12(14)7-10;/h3-4,7,9,15H,2,5-6,8H2,1H3;1H/t9-;/m0./s1. The molecule has 1 aliphatic rings. The summed E-state index contributed by atoms with van der Waals surface area (Å²) < 4.78 is 26.0. The van der Waals surface area contributed by atoms with Gasteiger partial charge < -0.3 is 10.2 Å². The Bertz CT molecular complexity index is 374. The fraction of sp³-hybridized carbons (Fsp3) is 0.500. The molecule has 2 nitrogen and oxygen atoms in total. The van der Waals surface area contributed by atoms with Crippen molar-refractivity contribution in [2.75, 3.05) is 24.5 Å². The second kappa shape index (κ2) is 6.17. The Morgan fingerprint density at radius 2 is 2.12 bits per heavy atom. The molecule has 1 aromatic rings. The summed E-state index contributed by atoms with van der Waals surface area (Å²) >= 11 is 0. The van der Waals surface area contributed by atoms with Crippen LogP contribution in [-0.2, 0) is 0 Å². The van der Waals surface area contributed by atoms with E-state index >= 15 is 0 Å². The Kier molecular flexibility index (Phi) is 5.15. The maximum Gasteiger partial charge on any atom is 0.160 e. The second-order valence-corrected chi connectivity index (χ2v) is 4.06. The zero-order chi connectivity index (χ0) is 11.5. The van der Waals surface area contributed by atoms with Crippen LogP contribution in [0.5, 0.6) is 0 Å². The van der Waals surface area contributed by atoms with Crippen molar-refractivity contribution in [3.8, 4) is 0 Å². The SMILES string of the molecule is CC[C@H]1CNCCN1c1ccc(F)c(F)c1.Cl. The van der Waals surface area contributed by atoms with Gasteiger partial charge in [0.05, 0.1) is 0 Å². The average molecular weight is 263 g/mol. The zero-order valence-corrected chi connectivity index (χ0v) is 10.6. The van der Waals surface area contributed by atoms with Gasteiger partial charge in [-0.15, -0.1) is 12.4 Å². The van der Waals surface area contributed by atoms with Gasteiger partial charge in [0.1, 0.15) is 0 Å². The molecule has 1 fully saturated rings. The summed E-state index contributed by atoms with van der Waals surface area (Å²) in [5, 5.41) is 3.30. The van der Waals surface area contributed by atoms with E-state index in [1.807, 2.05) is 0 Å². The first-order valence-electron chi connectivity index (χ1n) is 5.64. The van der Waals surface area contributed by atoms with E-state index < -0.39 is 11.6 Å². The third-order valence-electron chi connectivity index (χ3n) is 3.06. The van der Waals surface area contributed by atoms with Crippen LogP contribution in [-0.4, -0.2) is 25.7 Å². The van der Waals surface area contributed by atoms with Crippen molar-refractivity contribution in [3.63, 3.8) is 0 Å². The second-order valence-electron chi connectivity index (χ2n) is 4.06. The fourth-order valence-electron chi connectivity index (χ4n) is 2.13. The van der Waals surface area contributed by atoms with Crippen LogP contribution in [0.25, 0.3) is 0 Å². The summed E-state index contributed by atoms with van der Waals surface area (Å²) in [6.45, 7) is 4.72. The summed E-state index contributed by atoms with van der Waals surface area (Å²) in [6, 6.07) is 4.48. The highest BCUT2D eigenvalue weighted by Crippen LogP contribution is 2.22. The van der Waals surface area contributed by atoms with Crippen molar-refractivity contribution in [2.24, 2.45) is 0 Å². The number of piperazine rings is 1. The molecule has 0 saturated carbocycles. The van der Waals surface area contributed by atoms with Gasteiger partial charge in [-0.2, -0.15) is 0 Å². The van der Waals surface area contributed by atoms with Crippen molar-refractivity contribution < 1.29 is 8.78 Å². The van der Waals surface area contributed by atoms with Crippen LogP contribution in [0.3, 0.4) is 0 Å². The minimum Gasteiger partial charge on any atom is -0.366 e. The van der Waals surface area contributed by atoms with Crippen molar-refractivity contribution >= 4 is 18.1 Å². The molecule has 1 N–H and O–H groups in total. The monoisotopic (exact) mass is 262 g/mol. The molecule has 1 heterocycles. The lowest BCUT2D eigenvalue weighted by molar-refractivity contribution is 0.463. The Hall–Kier alpha value is -0.870. The molecule has 0 bridgehead atoms. The van der Waals surface area contributed by atoms with Gasteiger partial charge in [0.15, 0.2) is 11.6 Å². The normalized spacial score (nSPS) is 19.9. The molecular formula is C12H17ClF2N2. The summed E-state index contributed by atoms with van der Waals surface area (Å²) in [5.41, 5.74) is 0.771. The average Bonchev–Trinajstić information content (AvgIpc) is 2.32. The molecule has 1 saturated heterocycles. The first-order valence-corrected chi connectivity index (χ1v) is 5.64. The molecule has 96 valence electrons. The van der Waals surface area contributed by atoms with Gasteiger partial charge in [-0.1, -0.05) is 6.92 Å². The molecule has 0 spiro atoms. The lowest BCUT2D eigenvalue weighted by atomic mass is 10.1. The molecular weight excluding hydrogens is 246 g/mol. The summed E-state index contributed by atoms with van der Waals surface area (Å²) in [6.07, 6.45) is 0.992. The Labute approximate surface area is 106 Å². The zero-order valence-electron chi connectivity index (χ0n) is 9.75. The van der Waals surface area contributed by atoms with Crippen LogP contribution in [0, 0.1) is 11.6 Å². The number of nitrogens with one attached hydrogen (secondary N) is 1. The van der Waals surface area contributed by atoms with E-state index in [1.165, 1.54) is 12.1 Å². The molecule has 5 heteroatoms. The number of benzene rings is 1. The van der Waals surface area contributed by atoms with E-state index in [4.69, 9.17) is 0 Å². The van der Waals surface area contributed by atoms with Gasteiger partial charge in [0, 0.05) is 37.4 Å². The number of anilines is 1. The summed E-state index contributed by atoms with van der Waals surface area (Å²) in [4.78, 5) is 2.14. The minimum absolute atomic E-state index is 0. The van der Waals surface area contributed by atoms with E-state index in [9.17, 15) is 8.78 Å². The quantitative estimate of drug-likeness (QED) is 0.881. The van der Waals surface area contributed by atoms with Crippen molar-refractivity contribution in [3.05, 3.63) is 29.8 Å². The number of hydrogen-bond donors (Lipinski definition) is 1. The molecule has 2 rings (SSSR count). The van der Waals surface area contributed by atoms with Crippen LogP contribution in [0.4, 0.5) is 14.5 Å². The highest BCUT2D eigenvalue weighted by molar-refractivity contribution is 5.85. The predicted octanol–water partition coefficient (Wildman–Crippen LogP) is 2.57. The minimum atomic E-state index is -0.785. The number of hydrogen-bond acceptors (Lipinski definition) is 2. The number of halogens is 3. The molecule has 0 amide bonds. The van der Waals surface area contributed by atoms with Crippen LogP contribution in [0.15, 0.2) is 18.2 Å². The summed E-state index contributed by atoms with van der Waals surface area (Å²) in [5.74, 6) is -1.56. The summed E-state index contributed by atoms with van der Waals surface area (Å²) in [7, 11) is 0. The first-order chi connectivity index (χ1) is 7.72. The van der Waals surface area contributed by atoms with E-state index in [0.717, 1.165) is 31.7 Å². The van der Waals surface area contributed by atoms with Crippen molar-refractivity contribution in [1.82, 2.24) is 5.32 Å². The molecule has 0 unspecified atom stereocenters. The Morgan fingerprint density at radius 1 is 1.35 bits per heavy atom. The number of nitrogens with zero attached hydrogens (tertiary/aromatic N) is 1. The lowest BCUT2D eigenvalue weighted by Gasteiger charge is -2.37. The first kappa shape index (κ1) is 14.2. The van der Waals surface area contributed by atoms with Crippen LogP contribution in [0.1, 0.15) is 13.3 Å². The molecule has 0 aliphatic carbocycles. The van der Waals surface area contributed by atoms with Gasteiger partial charge >= 0.3 is 0 Å². The molecule has 1 atom stereocenters. The molecule has 0 aromatic heterocycles. The third-order valence-corrected chi connectivity index (χ3v) is 3.06. The third kappa shape index (κ3) is 3.07. The van der Waals surface area contributed by atoms with Crippen LogP contribution < -0.4 is 10.2 Å². The Morgan fingerprint density at radius 3 is 2.76 bits per heavy atom. The molecule has 1 aliphatic heterocycles. The van der Waals surface area contributed by atoms with Gasteiger partial charge in [0.25, 0.3) is 0 Å². The van der Waals surface area contributed by atoms with E-state index in [0.29, 0.717) is 6.04 Å². The van der Waals surface area contributed by atoms with Gasteiger partial charge in [0.2, 0.25) is 0 Å². The van der Waals surface area contributed by atoms with Gasteiger partial charge in [-0.3, -0.25) is 0 Å². The van der Waals surface area contributed by atoms with Crippen molar-refractivity contribution in [2.45, 2.75) is 19.4 Å². The lowest BCUT2D eigenvalue weighted by Crippen LogP contribution is -2.51. The predicted molar refractivity (Wildman–Crippen MR) is 67.9 cm³/mol. The van der Waals surface area contributed by atoms with E-state index in [-0.39, 0.29) is 12.4 Å². The molecule has 0 radical (unpaired) electrons. The highest BCUT2D eigenvalue weighted by Gasteiger charge is 2.21. The van der Waals surface area contributed by atoms with Gasteiger partial charge in [-0.05, 0) is 18.6 Å². The molecule has 1 aromatic carbocycles. The maximum absolute atomic E-state index is 13.1. The highest BCUT2D eigenvalue weighted by atomic mass is 35.5.